The number of hydrogen-bond donors (Lipinski definition) is 0. The van der Waals surface area contributed by atoms with Crippen LogP contribution in [0.1, 0.15) is 15.9 Å². The van der Waals surface area contributed by atoms with E-state index in [1.807, 2.05) is 14.1 Å². The molecule has 0 aromatic heterocycles. The Balaban J connectivity index is 3.11. The number of hydrogen-bond acceptors (Lipinski definition) is 5. The van der Waals surface area contributed by atoms with Crippen molar-refractivity contribution in [2.75, 3.05) is 28.3 Å². The van der Waals surface area contributed by atoms with Crippen LogP contribution in [0.15, 0.2) is 30.5 Å². The minimum atomic E-state index is -0.431. The van der Waals surface area contributed by atoms with Crippen molar-refractivity contribution in [3.05, 3.63) is 41.6 Å². The maximum atomic E-state index is 11.7. The highest BCUT2D eigenvalue weighted by atomic mass is 16.5. The third kappa shape index (κ3) is 3.84. The van der Waals surface area contributed by atoms with E-state index < -0.39 is 11.9 Å². The lowest BCUT2D eigenvalue weighted by atomic mass is 10.0. The van der Waals surface area contributed by atoms with E-state index in [1.54, 1.807) is 35.4 Å². The number of benzene rings is 1. The molecular formula is C14H17NO4. The summed E-state index contributed by atoms with van der Waals surface area (Å²) < 4.78 is 9.36. The Kier molecular flexibility index (Phi) is 5.11. The molecular weight excluding hydrogens is 246 g/mol. The van der Waals surface area contributed by atoms with E-state index in [1.165, 1.54) is 14.2 Å². The molecule has 1 aromatic carbocycles. The van der Waals surface area contributed by atoms with Gasteiger partial charge in [-0.3, -0.25) is 0 Å². The zero-order chi connectivity index (χ0) is 14.4. The molecule has 19 heavy (non-hydrogen) atoms. The summed E-state index contributed by atoms with van der Waals surface area (Å²) >= 11 is 0. The first kappa shape index (κ1) is 14.8. The average Bonchev–Trinajstić information content (AvgIpc) is 2.43. The molecule has 0 saturated heterocycles. The van der Waals surface area contributed by atoms with Crippen LogP contribution in [0.25, 0.3) is 5.57 Å². The Hall–Kier alpha value is -2.30. The van der Waals surface area contributed by atoms with Gasteiger partial charge in [0.2, 0.25) is 0 Å². The van der Waals surface area contributed by atoms with Gasteiger partial charge in [-0.2, -0.15) is 0 Å². The third-order valence-corrected chi connectivity index (χ3v) is 2.41. The predicted octanol–water partition coefficient (Wildman–Crippen LogP) is 1.55. The molecule has 102 valence electrons. The highest BCUT2D eigenvalue weighted by Crippen LogP contribution is 2.17. The van der Waals surface area contributed by atoms with Crippen LogP contribution in [-0.4, -0.2) is 45.2 Å². The fraction of sp³-hybridized carbons (Fsp3) is 0.286. The van der Waals surface area contributed by atoms with Gasteiger partial charge in [0.1, 0.15) is 0 Å². The fourth-order valence-electron chi connectivity index (χ4n) is 1.52. The number of esters is 2. The summed E-state index contributed by atoms with van der Waals surface area (Å²) in [4.78, 5) is 24.8. The van der Waals surface area contributed by atoms with E-state index in [0.29, 0.717) is 16.7 Å². The molecule has 5 heteroatoms. The van der Waals surface area contributed by atoms with Crippen LogP contribution in [0.5, 0.6) is 0 Å². The third-order valence-electron chi connectivity index (χ3n) is 2.41. The lowest BCUT2D eigenvalue weighted by Crippen LogP contribution is -2.10. The van der Waals surface area contributed by atoms with E-state index in [-0.39, 0.29) is 0 Å². The summed E-state index contributed by atoms with van der Waals surface area (Å²) in [6.07, 6.45) is 1.67. The van der Waals surface area contributed by atoms with Crippen LogP contribution in [0, 0.1) is 0 Å². The molecule has 1 aromatic rings. The van der Waals surface area contributed by atoms with Gasteiger partial charge in [0.25, 0.3) is 0 Å². The van der Waals surface area contributed by atoms with Crippen molar-refractivity contribution in [1.82, 2.24) is 4.90 Å². The summed E-state index contributed by atoms with van der Waals surface area (Å²) in [7, 11) is 6.27. The monoisotopic (exact) mass is 263 g/mol. The van der Waals surface area contributed by atoms with E-state index in [4.69, 9.17) is 4.74 Å². The van der Waals surface area contributed by atoms with Gasteiger partial charge in [0.05, 0.1) is 25.4 Å². The van der Waals surface area contributed by atoms with Crippen molar-refractivity contribution in [2.45, 2.75) is 0 Å². The quantitative estimate of drug-likeness (QED) is 0.609. The van der Waals surface area contributed by atoms with Gasteiger partial charge >= 0.3 is 11.9 Å². The molecule has 0 saturated carbocycles. The molecule has 0 atom stereocenters. The second-order valence-corrected chi connectivity index (χ2v) is 4.07. The molecule has 0 amide bonds. The normalized spacial score (nSPS) is 10.8. The number of ether oxygens (including phenoxy) is 2. The molecule has 0 radical (unpaired) electrons. The SMILES string of the molecule is COC(=O)/C(=C/N(C)C)c1ccc(C(=O)OC)cc1. The summed E-state index contributed by atoms with van der Waals surface area (Å²) in [5.74, 6) is -0.845. The van der Waals surface area contributed by atoms with Crippen LogP contribution in [0.3, 0.4) is 0 Å². The minimum absolute atomic E-state index is 0.414. The van der Waals surface area contributed by atoms with Crippen molar-refractivity contribution in [1.29, 1.82) is 0 Å². The Morgan fingerprint density at radius 3 is 1.95 bits per heavy atom. The Morgan fingerprint density at radius 2 is 1.53 bits per heavy atom. The average molecular weight is 263 g/mol. The molecule has 0 bridgehead atoms. The van der Waals surface area contributed by atoms with Crippen molar-refractivity contribution in [3.8, 4) is 0 Å². The standard InChI is InChI=1S/C14H17NO4/c1-15(2)9-12(14(17)19-4)10-5-7-11(8-6-10)13(16)18-3/h5-9H,1-4H3/b12-9+. The Morgan fingerprint density at radius 1 is 1.00 bits per heavy atom. The second kappa shape index (κ2) is 6.58. The molecule has 1 rings (SSSR count). The van der Waals surface area contributed by atoms with Gasteiger partial charge in [0, 0.05) is 20.3 Å². The van der Waals surface area contributed by atoms with Crippen LogP contribution in [0.2, 0.25) is 0 Å². The van der Waals surface area contributed by atoms with Crippen molar-refractivity contribution < 1.29 is 19.1 Å². The van der Waals surface area contributed by atoms with Gasteiger partial charge in [-0.15, -0.1) is 0 Å². The minimum Gasteiger partial charge on any atom is -0.465 e. The van der Waals surface area contributed by atoms with Gasteiger partial charge in [0.15, 0.2) is 0 Å². The first-order valence-electron chi connectivity index (χ1n) is 5.65. The Bertz CT molecular complexity index is 489. The molecule has 0 fully saturated rings. The number of nitrogens with zero attached hydrogens (tertiary/aromatic N) is 1. The van der Waals surface area contributed by atoms with Crippen LogP contribution in [-0.2, 0) is 14.3 Å². The molecule has 0 aliphatic rings. The van der Waals surface area contributed by atoms with Crippen molar-refractivity contribution in [3.63, 3.8) is 0 Å². The summed E-state index contributed by atoms with van der Waals surface area (Å²) in [6.45, 7) is 0. The van der Waals surface area contributed by atoms with Gasteiger partial charge in [-0.25, -0.2) is 9.59 Å². The largest absolute Gasteiger partial charge is 0.465 e. The zero-order valence-corrected chi connectivity index (χ0v) is 11.5. The lowest BCUT2D eigenvalue weighted by molar-refractivity contribution is -0.133. The fourth-order valence-corrected chi connectivity index (χ4v) is 1.52. The van der Waals surface area contributed by atoms with Crippen LogP contribution >= 0.6 is 0 Å². The van der Waals surface area contributed by atoms with Gasteiger partial charge < -0.3 is 14.4 Å². The number of carbonyl (C=O) groups is 2. The molecule has 0 unspecified atom stereocenters. The maximum Gasteiger partial charge on any atom is 0.339 e. The smallest absolute Gasteiger partial charge is 0.339 e. The first-order valence-corrected chi connectivity index (χ1v) is 5.65. The summed E-state index contributed by atoms with van der Waals surface area (Å²) in [5.41, 5.74) is 1.53. The molecule has 5 nitrogen and oxygen atoms in total. The Labute approximate surface area is 112 Å². The summed E-state index contributed by atoms with van der Waals surface area (Å²) in [6, 6.07) is 6.57. The van der Waals surface area contributed by atoms with Crippen LogP contribution in [0.4, 0.5) is 0 Å². The molecule has 0 spiro atoms. The molecule has 0 aliphatic carbocycles. The summed E-state index contributed by atoms with van der Waals surface area (Å²) in [5, 5.41) is 0. The van der Waals surface area contributed by atoms with Crippen molar-refractivity contribution in [2.24, 2.45) is 0 Å². The molecule has 0 aliphatic heterocycles. The van der Waals surface area contributed by atoms with Gasteiger partial charge in [-0.1, -0.05) is 12.1 Å². The van der Waals surface area contributed by atoms with Crippen molar-refractivity contribution >= 4 is 17.5 Å². The van der Waals surface area contributed by atoms with Crippen LogP contribution < -0.4 is 0 Å². The number of carbonyl (C=O) groups excluding carboxylic acids is 2. The second-order valence-electron chi connectivity index (χ2n) is 4.07. The highest BCUT2D eigenvalue weighted by Gasteiger charge is 2.14. The highest BCUT2D eigenvalue weighted by molar-refractivity contribution is 6.16. The van der Waals surface area contributed by atoms with E-state index in [9.17, 15) is 9.59 Å². The zero-order valence-electron chi connectivity index (χ0n) is 11.5. The number of rotatable bonds is 4. The topological polar surface area (TPSA) is 55.8 Å². The molecule has 0 N–H and O–H groups in total. The maximum absolute atomic E-state index is 11.7. The lowest BCUT2D eigenvalue weighted by Gasteiger charge is -2.11. The van der Waals surface area contributed by atoms with E-state index in [2.05, 4.69) is 4.74 Å². The van der Waals surface area contributed by atoms with Gasteiger partial charge in [-0.05, 0) is 17.7 Å². The predicted molar refractivity (Wildman–Crippen MR) is 71.5 cm³/mol. The molecule has 0 heterocycles. The number of methoxy groups -OCH3 is 2. The van der Waals surface area contributed by atoms with E-state index in [0.717, 1.165) is 0 Å². The first-order chi connectivity index (χ1) is 8.99. The van der Waals surface area contributed by atoms with E-state index >= 15 is 0 Å².